The van der Waals surface area contributed by atoms with Crippen LogP contribution in [0.5, 0.6) is 0 Å². The van der Waals surface area contributed by atoms with Crippen molar-refractivity contribution >= 4 is 29.6 Å². The molecule has 29 heavy (non-hydrogen) atoms. The van der Waals surface area contributed by atoms with Crippen molar-refractivity contribution < 1.29 is 9.59 Å². The predicted molar refractivity (Wildman–Crippen MR) is 116 cm³/mol. The molecule has 2 heterocycles. The van der Waals surface area contributed by atoms with Crippen molar-refractivity contribution in [1.29, 1.82) is 0 Å². The number of carbonyl (C=O) groups is 2. The zero-order valence-electron chi connectivity index (χ0n) is 16.2. The first-order valence-electron chi connectivity index (χ1n) is 9.55. The minimum Gasteiger partial charge on any atom is -0.368 e. The van der Waals surface area contributed by atoms with Gasteiger partial charge in [0.15, 0.2) is 10.6 Å². The molecule has 148 valence electrons. The second kappa shape index (κ2) is 8.05. The molecule has 1 aromatic heterocycles. The van der Waals surface area contributed by atoms with Gasteiger partial charge in [-0.1, -0.05) is 18.2 Å². The highest BCUT2D eigenvalue weighted by atomic mass is 32.1. The van der Waals surface area contributed by atoms with E-state index >= 15 is 0 Å². The topological polar surface area (TPSA) is 61.3 Å². The van der Waals surface area contributed by atoms with Crippen LogP contribution < -0.4 is 4.90 Å². The van der Waals surface area contributed by atoms with Gasteiger partial charge in [-0.25, -0.2) is 0 Å². The Morgan fingerprint density at radius 1 is 0.897 bits per heavy atom. The summed E-state index contributed by atoms with van der Waals surface area (Å²) in [7, 11) is 0. The fourth-order valence-corrected chi connectivity index (χ4v) is 3.86. The molecule has 3 aromatic rings. The first kappa shape index (κ1) is 19.1. The van der Waals surface area contributed by atoms with Crippen LogP contribution in [0, 0.1) is 4.77 Å². The number of Topliss-reactive ketones (excluding diaryl/α,β-unsaturated/α-hetero) is 1. The summed E-state index contributed by atoms with van der Waals surface area (Å²) in [6, 6.07) is 17.3. The molecule has 0 saturated carbocycles. The maximum absolute atomic E-state index is 13.2. The standard InChI is InChI=1S/C22H22N4O2S/c1-16(27)17-7-9-18(10-8-17)24-11-13-25(14-12-24)21(28)20-15-23-22(29)26(20)19-5-3-2-4-6-19/h2-10,15H,11-14H2,1H3,(H,23,29). The van der Waals surface area contributed by atoms with Gasteiger partial charge in [0.1, 0.15) is 5.69 Å². The van der Waals surface area contributed by atoms with Crippen LogP contribution in [0.1, 0.15) is 27.8 Å². The second-order valence-corrected chi connectivity index (χ2v) is 7.42. The summed E-state index contributed by atoms with van der Waals surface area (Å²) in [6.45, 7) is 4.29. The number of aromatic nitrogens is 2. The molecule has 7 heteroatoms. The average molecular weight is 407 g/mol. The molecule has 1 fully saturated rings. The molecular weight excluding hydrogens is 384 g/mol. The van der Waals surface area contributed by atoms with Crippen molar-refractivity contribution in [2.24, 2.45) is 0 Å². The number of hydrogen-bond acceptors (Lipinski definition) is 4. The minimum atomic E-state index is -0.0345. The molecule has 4 rings (SSSR count). The number of aromatic amines is 1. The number of hydrogen-bond donors (Lipinski definition) is 1. The maximum Gasteiger partial charge on any atom is 0.272 e. The molecule has 2 aromatic carbocycles. The van der Waals surface area contributed by atoms with Crippen LogP contribution in [0.2, 0.25) is 0 Å². The number of nitrogens with one attached hydrogen (secondary N) is 1. The van der Waals surface area contributed by atoms with Crippen molar-refractivity contribution in [3.8, 4) is 5.69 Å². The molecule has 0 spiro atoms. The Balaban J connectivity index is 1.48. The predicted octanol–water partition coefficient (Wildman–Crippen LogP) is 3.70. The average Bonchev–Trinajstić information content (AvgIpc) is 3.15. The Labute approximate surface area is 174 Å². The smallest absolute Gasteiger partial charge is 0.272 e. The van der Waals surface area contributed by atoms with Gasteiger partial charge >= 0.3 is 0 Å². The number of piperazine rings is 1. The number of para-hydroxylation sites is 1. The van der Waals surface area contributed by atoms with E-state index in [2.05, 4.69) is 9.88 Å². The van der Waals surface area contributed by atoms with Crippen LogP contribution in [0.3, 0.4) is 0 Å². The summed E-state index contributed by atoms with van der Waals surface area (Å²) in [4.78, 5) is 31.7. The number of amides is 1. The normalized spacial score (nSPS) is 14.1. The third-order valence-electron chi connectivity index (χ3n) is 5.22. The van der Waals surface area contributed by atoms with Crippen molar-refractivity contribution in [3.05, 3.63) is 76.8 Å². The van der Waals surface area contributed by atoms with Gasteiger partial charge in [-0.15, -0.1) is 0 Å². The molecule has 0 aliphatic carbocycles. The third kappa shape index (κ3) is 3.86. The number of rotatable bonds is 4. The largest absolute Gasteiger partial charge is 0.368 e. The van der Waals surface area contributed by atoms with E-state index in [1.165, 1.54) is 0 Å². The van der Waals surface area contributed by atoms with Crippen molar-refractivity contribution in [2.75, 3.05) is 31.1 Å². The first-order valence-corrected chi connectivity index (χ1v) is 9.96. The molecule has 1 saturated heterocycles. The summed E-state index contributed by atoms with van der Waals surface area (Å²) in [5, 5.41) is 0. The van der Waals surface area contributed by atoms with Gasteiger partial charge in [0, 0.05) is 49.3 Å². The van der Waals surface area contributed by atoms with E-state index in [1.807, 2.05) is 59.5 Å². The highest BCUT2D eigenvalue weighted by Crippen LogP contribution is 2.20. The van der Waals surface area contributed by atoms with E-state index in [-0.39, 0.29) is 11.7 Å². The lowest BCUT2D eigenvalue weighted by molar-refractivity contribution is 0.0738. The number of imidazole rings is 1. The van der Waals surface area contributed by atoms with Crippen LogP contribution in [-0.2, 0) is 0 Å². The SMILES string of the molecule is CC(=O)c1ccc(N2CCN(C(=O)c3c[nH]c(=S)n3-c3ccccc3)CC2)cc1. The second-order valence-electron chi connectivity index (χ2n) is 7.03. The molecule has 0 bridgehead atoms. The lowest BCUT2D eigenvalue weighted by Crippen LogP contribution is -2.49. The summed E-state index contributed by atoms with van der Waals surface area (Å²) >= 11 is 5.39. The van der Waals surface area contributed by atoms with E-state index in [0.29, 0.717) is 29.1 Å². The molecule has 1 amide bonds. The first-order chi connectivity index (χ1) is 14.0. The molecule has 1 N–H and O–H groups in total. The van der Waals surface area contributed by atoms with Crippen molar-refractivity contribution in [3.63, 3.8) is 0 Å². The van der Waals surface area contributed by atoms with E-state index in [9.17, 15) is 9.59 Å². The van der Waals surface area contributed by atoms with Crippen LogP contribution in [-0.4, -0.2) is 52.3 Å². The van der Waals surface area contributed by atoms with Gasteiger partial charge in [0.25, 0.3) is 5.91 Å². The van der Waals surface area contributed by atoms with Gasteiger partial charge in [-0.2, -0.15) is 0 Å². The Kier molecular flexibility index (Phi) is 5.31. The van der Waals surface area contributed by atoms with Gasteiger partial charge in [-0.05, 0) is 55.5 Å². The fourth-order valence-electron chi connectivity index (χ4n) is 3.60. The van der Waals surface area contributed by atoms with Crippen LogP contribution >= 0.6 is 12.2 Å². The maximum atomic E-state index is 13.2. The van der Waals surface area contributed by atoms with E-state index < -0.39 is 0 Å². The molecule has 0 atom stereocenters. The lowest BCUT2D eigenvalue weighted by atomic mass is 10.1. The highest BCUT2D eigenvalue weighted by Gasteiger charge is 2.25. The number of nitrogens with zero attached hydrogens (tertiary/aromatic N) is 3. The lowest BCUT2D eigenvalue weighted by Gasteiger charge is -2.36. The molecule has 0 radical (unpaired) electrons. The number of anilines is 1. The van der Waals surface area contributed by atoms with E-state index in [4.69, 9.17) is 12.2 Å². The quantitative estimate of drug-likeness (QED) is 0.530. The van der Waals surface area contributed by atoms with Gasteiger partial charge in [-0.3, -0.25) is 14.2 Å². The molecular formula is C22H22N4O2S. The molecule has 1 aliphatic rings. The van der Waals surface area contributed by atoms with Gasteiger partial charge in [0.2, 0.25) is 0 Å². The van der Waals surface area contributed by atoms with Crippen molar-refractivity contribution in [1.82, 2.24) is 14.5 Å². The van der Waals surface area contributed by atoms with E-state index in [1.54, 1.807) is 17.7 Å². The Hall–Kier alpha value is -3.19. The zero-order chi connectivity index (χ0) is 20.4. The molecule has 1 aliphatic heterocycles. The van der Waals surface area contributed by atoms with Gasteiger partial charge in [0.05, 0.1) is 0 Å². The van der Waals surface area contributed by atoms with E-state index in [0.717, 1.165) is 24.5 Å². The highest BCUT2D eigenvalue weighted by molar-refractivity contribution is 7.71. The summed E-state index contributed by atoms with van der Waals surface area (Å²) in [5.74, 6) is 0.0269. The molecule has 0 unspecified atom stereocenters. The Bertz CT molecular complexity index is 1080. The third-order valence-corrected chi connectivity index (χ3v) is 5.52. The van der Waals surface area contributed by atoms with Crippen LogP contribution in [0.15, 0.2) is 60.8 Å². The number of ketones is 1. The summed E-state index contributed by atoms with van der Waals surface area (Å²) in [5.41, 5.74) is 3.18. The number of carbonyl (C=O) groups excluding carboxylic acids is 2. The summed E-state index contributed by atoms with van der Waals surface area (Å²) < 4.78 is 2.29. The number of benzene rings is 2. The monoisotopic (exact) mass is 406 g/mol. The fraction of sp³-hybridized carbons (Fsp3) is 0.227. The zero-order valence-corrected chi connectivity index (χ0v) is 17.0. The van der Waals surface area contributed by atoms with Crippen molar-refractivity contribution in [2.45, 2.75) is 6.92 Å². The number of H-pyrrole nitrogens is 1. The van der Waals surface area contributed by atoms with Gasteiger partial charge < -0.3 is 14.8 Å². The van der Waals surface area contributed by atoms with Crippen LogP contribution in [0.4, 0.5) is 5.69 Å². The Morgan fingerprint density at radius 3 is 2.17 bits per heavy atom. The Morgan fingerprint density at radius 2 is 1.55 bits per heavy atom. The molecule has 6 nitrogen and oxygen atoms in total. The van der Waals surface area contributed by atoms with Crippen LogP contribution in [0.25, 0.3) is 5.69 Å². The minimum absolute atomic E-state index is 0.0345. The summed E-state index contributed by atoms with van der Waals surface area (Å²) in [6.07, 6.45) is 1.69.